The second-order valence-corrected chi connectivity index (χ2v) is 2.88. The van der Waals surface area contributed by atoms with Gasteiger partial charge >= 0.3 is 0 Å². The minimum Gasteiger partial charge on any atom is -0.382 e. The third kappa shape index (κ3) is 2.89. The predicted octanol–water partition coefficient (Wildman–Crippen LogP) is 1.20. The van der Waals surface area contributed by atoms with E-state index in [1.54, 1.807) is 12.1 Å². The Hall–Kier alpha value is -1.08. The molecule has 4 heteroatoms. The fraction of sp³-hybridized carbons (Fsp3) is 0.250. The number of halogens is 1. The van der Waals surface area contributed by atoms with Crippen LogP contribution in [0.4, 0.5) is 5.82 Å². The molecule has 1 aromatic rings. The van der Waals surface area contributed by atoms with Crippen LogP contribution in [-0.4, -0.2) is 15.5 Å². The monoisotopic (exact) mass is 225 g/mol. The third-order valence-electron chi connectivity index (χ3n) is 1.12. The van der Waals surface area contributed by atoms with Crippen molar-refractivity contribution in [3.8, 4) is 11.8 Å². The molecule has 0 fully saturated rings. The molecule has 0 spiro atoms. The van der Waals surface area contributed by atoms with E-state index in [1.165, 1.54) is 0 Å². The van der Waals surface area contributed by atoms with E-state index in [0.717, 1.165) is 11.8 Å². The summed E-state index contributed by atoms with van der Waals surface area (Å²) in [6, 6.07) is 3.44. The molecule has 12 heavy (non-hydrogen) atoms. The van der Waals surface area contributed by atoms with Gasteiger partial charge in [0.2, 0.25) is 0 Å². The average Bonchev–Trinajstić information content (AvgIpc) is 2.09. The molecule has 0 saturated carbocycles. The quantitative estimate of drug-likeness (QED) is 0.578. The zero-order valence-electron chi connectivity index (χ0n) is 6.42. The Morgan fingerprint density at radius 2 is 2.25 bits per heavy atom. The van der Waals surface area contributed by atoms with Crippen LogP contribution in [0.1, 0.15) is 12.1 Å². The summed E-state index contributed by atoms with van der Waals surface area (Å²) in [7, 11) is 0. The van der Waals surface area contributed by atoms with Gasteiger partial charge in [0.25, 0.3) is 0 Å². The molecule has 3 nitrogen and oxygen atoms in total. The van der Waals surface area contributed by atoms with E-state index in [2.05, 4.69) is 38.0 Å². The Labute approximate surface area is 79.5 Å². The molecule has 0 saturated heterocycles. The molecule has 1 heterocycles. The molecule has 0 aliphatic rings. The van der Waals surface area contributed by atoms with Gasteiger partial charge in [-0.05, 0) is 18.1 Å². The predicted molar refractivity (Wildman–Crippen MR) is 51.7 cm³/mol. The van der Waals surface area contributed by atoms with Crippen molar-refractivity contribution < 1.29 is 0 Å². The lowest BCUT2D eigenvalue weighted by molar-refractivity contribution is 1.02. The summed E-state index contributed by atoms with van der Waals surface area (Å²) in [5, 5.41) is 8.33. The highest BCUT2D eigenvalue weighted by Gasteiger charge is 1.88. The zero-order valence-corrected chi connectivity index (χ0v) is 8.00. The summed E-state index contributed by atoms with van der Waals surface area (Å²) in [6.07, 6.45) is 0.812. The van der Waals surface area contributed by atoms with Crippen LogP contribution in [0, 0.1) is 11.8 Å². The second-order valence-electron chi connectivity index (χ2n) is 2.08. The first kappa shape index (κ1) is 9.01. The Morgan fingerprint density at radius 3 is 2.83 bits per heavy atom. The summed E-state index contributed by atoms with van der Waals surface area (Å²) >= 11 is 3.28. The van der Waals surface area contributed by atoms with E-state index in [0.29, 0.717) is 11.5 Å². The van der Waals surface area contributed by atoms with Gasteiger partial charge in [0.05, 0.1) is 0 Å². The number of nitrogens with zero attached hydrogens (tertiary/aromatic N) is 2. The van der Waals surface area contributed by atoms with Gasteiger partial charge in [-0.3, -0.25) is 0 Å². The molecule has 0 radical (unpaired) electrons. The number of alkyl halides is 1. The molecule has 0 amide bonds. The van der Waals surface area contributed by atoms with Crippen LogP contribution in [0.3, 0.4) is 0 Å². The van der Waals surface area contributed by atoms with Gasteiger partial charge in [-0.1, -0.05) is 21.9 Å². The first-order valence-electron chi connectivity index (χ1n) is 3.47. The number of aromatic nitrogens is 2. The number of anilines is 1. The van der Waals surface area contributed by atoms with Crippen LogP contribution in [0.15, 0.2) is 12.1 Å². The number of nitrogen functional groups attached to an aromatic ring is 1. The average molecular weight is 226 g/mol. The Morgan fingerprint density at radius 1 is 1.42 bits per heavy atom. The fourth-order valence-electron chi connectivity index (χ4n) is 0.610. The largest absolute Gasteiger partial charge is 0.382 e. The Balaban J connectivity index is 2.66. The van der Waals surface area contributed by atoms with Crippen LogP contribution < -0.4 is 5.73 Å². The van der Waals surface area contributed by atoms with Crippen molar-refractivity contribution in [3.05, 3.63) is 17.8 Å². The van der Waals surface area contributed by atoms with Crippen LogP contribution in [0.2, 0.25) is 0 Å². The lowest BCUT2D eigenvalue weighted by atomic mass is 10.3. The third-order valence-corrected chi connectivity index (χ3v) is 1.52. The van der Waals surface area contributed by atoms with E-state index in [4.69, 9.17) is 5.73 Å². The van der Waals surface area contributed by atoms with Crippen molar-refractivity contribution in [2.45, 2.75) is 6.42 Å². The molecule has 1 aromatic heterocycles. The summed E-state index contributed by atoms with van der Waals surface area (Å²) < 4.78 is 0. The smallest absolute Gasteiger partial charge is 0.146 e. The van der Waals surface area contributed by atoms with E-state index < -0.39 is 0 Å². The Bertz CT molecular complexity index is 296. The summed E-state index contributed by atoms with van der Waals surface area (Å²) in [5.74, 6) is 6.21. The number of hydrogen-bond donors (Lipinski definition) is 1. The topological polar surface area (TPSA) is 51.8 Å². The first-order valence-corrected chi connectivity index (χ1v) is 4.59. The highest BCUT2D eigenvalue weighted by atomic mass is 79.9. The van der Waals surface area contributed by atoms with Crippen LogP contribution >= 0.6 is 15.9 Å². The maximum absolute atomic E-state index is 5.35. The van der Waals surface area contributed by atoms with Gasteiger partial charge in [0.15, 0.2) is 0 Å². The molecule has 0 bridgehead atoms. The summed E-state index contributed by atoms with van der Waals surface area (Å²) in [5.41, 5.74) is 6.01. The standard InChI is InChI=1S/C8H8BrN3/c9-6-2-1-3-7-4-5-8(10)12-11-7/h4-5H,2,6H2,(H2,10,12). The zero-order chi connectivity index (χ0) is 8.81. The molecule has 0 aromatic carbocycles. The SMILES string of the molecule is Nc1ccc(C#CCCBr)nn1. The number of nitrogens with two attached hydrogens (primary N) is 1. The summed E-state index contributed by atoms with van der Waals surface area (Å²) in [4.78, 5) is 0. The normalized spacial score (nSPS) is 8.75. The molecule has 0 unspecified atom stereocenters. The second kappa shape index (κ2) is 4.73. The van der Waals surface area contributed by atoms with Crippen molar-refractivity contribution in [2.24, 2.45) is 0 Å². The number of rotatable bonds is 1. The molecule has 62 valence electrons. The number of hydrogen-bond acceptors (Lipinski definition) is 3. The molecule has 2 N–H and O–H groups in total. The first-order chi connectivity index (χ1) is 5.83. The van der Waals surface area contributed by atoms with E-state index in [9.17, 15) is 0 Å². The van der Waals surface area contributed by atoms with Crippen LogP contribution in [0.5, 0.6) is 0 Å². The minimum atomic E-state index is 0.418. The highest BCUT2D eigenvalue weighted by Crippen LogP contribution is 1.95. The van der Waals surface area contributed by atoms with Crippen LogP contribution in [-0.2, 0) is 0 Å². The van der Waals surface area contributed by atoms with Crippen LogP contribution in [0.25, 0.3) is 0 Å². The van der Waals surface area contributed by atoms with E-state index in [-0.39, 0.29) is 0 Å². The fourth-order valence-corrected chi connectivity index (χ4v) is 0.808. The van der Waals surface area contributed by atoms with Gasteiger partial charge in [0.1, 0.15) is 11.5 Å². The maximum atomic E-state index is 5.35. The van der Waals surface area contributed by atoms with Gasteiger partial charge in [-0.2, -0.15) is 0 Å². The summed E-state index contributed by atoms with van der Waals surface area (Å²) in [6.45, 7) is 0. The maximum Gasteiger partial charge on any atom is 0.146 e. The molecule has 0 aliphatic heterocycles. The van der Waals surface area contributed by atoms with Gasteiger partial charge in [0, 0.05) is 11.8 Å². The minimum absolute atomic E-state index is 0.418. The van der Waals surface area contributed by atoms with Gasteiger partial charge in [-0.15, -0.1) is 10.2 Å². The highest BCUT2D eigenvalue weighted by molar-refractivity contribution is 9.09. The van der Waals surface area contributed by atoms with Crippen molar-refractivity contribution in [1.82, 2.24) is 10.2 Å². The van der Waals surface area contributed by atoms with E-state index in [1.807, 2.05) is 0 Å². The van der Waals surface area contributed by atoms with Gasteiger partial charge < -0.3 is 5.73 Å². The van der Waals surface area contributed by atoms with Crippen molar-refractivity contribution in [2.75, 3.05) is 11.1 Å². The molecular formula is C8H8BrN3. The van der Waals surface area contributed by atoms with Crippen molar-refractivity contribution in [1.29, 1.82) is 0 Å². The molecule has 0 atom stereocenters. The Kier molecular flexibility index (Phi) is 3.55. The van der Waals surface area contributed by atoms with Crippen molar-refractivity contribution >= 4 is 21.7 Å². The van der Waals surface area contributed by atoms with Crippen molar-refractivity contribution in [3.63, 3.8) is 0 Å². The lowest BCUT2D eigenvalue weighted by Crippen LogP contribution is -1.93. The lowest BCUT2D eigenvalue weighted by Gasteiger charge is -1.88. The molecule has 0 aliphatic carbocycles. The molecular weight excluding hydrogens is 218 g/mol. The molecule has 1 rings (SSSR count). The van der Waals surface area contributed by atoms with E-state index >= 15 is 0 Å². The van der Waals surface area contributed by atoms with Gasteiger partial charge in [-0.25, -0.2) is 0 Å².